The highest BCUT2D eigenvalue weighted by Crippen LogP contribution is 2.60. The van der Waals surface area contributed by atoms with E-state index in [1.807, 2.05) is 37.3 Å². The number of carboxylic acids is 1. The molecule has 3 aromatic rings. The van der Waals surface area contributed by atoms with Gasteiger partial charge in [0.1, 0.15) is 18.2 Å². The lowest BCUT2D eigenvalue weighted by Crippen LogP contribution is -2.16. The van der Waals surface area contributed by atoms with E-state index in [2.05, 4.69) is 38.1 Å². The normalized spacial score (nSPS) is 23.2. The standard InChI is InChI=1S/C35H37FO3/c1-22-9-14-32(36)28(17-22)26-13-10-23(18-27(26)29-8-6-15-34(29,2)3)21-39-25-12-11-24-7-4-5-16-35(30(24)19-25)20-31(35)33(37)38/h8-14,17-19,31H,4-7,15-16,20-21H2,1-3H3,(H,37,38)/t31-,35-/m1/s1. The van der Waals surface area contributed by atoms with Gasteiger partial charge in [0, 0.05) is 11.0 Å². The molecule has 1 saturated carbocycles. The third kappa shape index (κ3) is 4.68. The molecular weight excluding hydrogens is 487 g/mol. The monoisotopic (exact) mass is 524 g/mol. The molecule has 3 nitrogen and oxygen atoms in total. The summed E-state index contributed by atoms with van der Waals surface area (Å²) in [5.74, 6) is -0.400. The van der Waals surface area contributed by atoms with E-state index in [-0.39, 0.29) is 22.6 Å². The van der Waals surface area contributed by atoms with Crippen LogP contribution < -0.4 is 4.74 Å². The van der Waals surface area contributed by atoms with Gasteiger partial charge in [-0.15, -0.1) is 0 Å². The maximum absolute atomic E-state index is 15.0. The molecule has 0 aliphatic heterocycles. The average molecular weight is 525 g/mol. The summed E-state index contributed by atoms with van der Waals surface area (Å²) in [6, 6.07) is 17.8. The minimum atomic E-state index is -0.684. The molecule has 1 fully saturated rings. The molecule has 3 aliphatic carbocycles. The highest BCUT2D eigenvalue weighted by Gasteiger charge is 2.60. The Hall–Kier alpha value is -3.40. The van der Waals surface area contributed by atoms with Gasteiger partial charge in [-0.2, -0.15) is 0 Å². The third-order valence-corrected chi connectivity index (χ3v) is 9.35. The van der Waals surface area contributed by atoms with Crippen LogP contribution in [0.5, 0.6) is 5.75 Å². The zero-order valence-electron chi connectivity index (χ0n) is 23.1. The predicted octanol–water partition coefficient (Wildman–Crippen LogP) is 8.65. The number of allylic oxidation sites excluding steroid dienone is 2. The van der Waals surface area contributed by atoms with E-state index >= 15 is 4.39 Å². The lowest BCUT2D eigenvalue weighted by molar-refractivity contribution is -0.139. The molecular formula is C35H37FO3. The number of ether oxygens (including phenoxy) is 1. The minimum Gasteiger partial charge on any atom is -0.489 e. The van der Waals surface area contributed by atoms with Crippen LogP contribution in [0.1, 0.15) is 80.2 Å². The van der Waals surface area contributed by atoms with Crippen LogP contribution >= 0.6 is 0 Å². The molecule has 3 aromatic carbocycles. The maximum atomic E-state index is 15.0. The fourth-order valence-corrected chi connectivity index (χ4v) is 7.03. The predicted molar refractivity (Wildman–Crippen MR) is 153 cm³/mol. The fourth-order valence-electron chi connectivity index (χ4n) is 7.03. The van der Waals surface area contributed by atoms with Crippen LogP contribution in [0.3, 0.4) is 0 Å². The molecule has 0 aromatic heterocycles. The van der Waals surface area contributed by atoms with Crippen LogP contribution in [-0.4, -0.2) is 11.1 Å². The number of rotatable bonds is 6. The van der Waals surface area contributed by atoms with E-state index in [0.717, 1.165) is 72.9 Å². The number of carboxylic acid groups (broad SMARTS) is 1. The second-order valence-electron chi connectivity index (χ2n) is 12.5. The van der Waals surface area contributed by atoms with Crippen LogP contribution in [0.15, 0.2) is 60.7 Å². The van der Waals surface area contributed by atoms with E-state index in [4.69, 9.17) is 4.74 Å². The van der Waals surface area contributed by atoms with E-state index in [1.165, 1.54) is 16.7 Å². The molecule has 39 heavy (non-hydrogen) atoms. The van der Waals surface area contributed by atoms with Crippen molar-refractivity contribution >= 4 is 11.5 Å². The summed E-state index contributed by atoms with van der Waals surface area (Å²) >= 11 is 0. The number of benzene rings is 3. The highest BCUT2D eigenvalue weighted by molar-refractivity contribution is 5.85. The van der Waals surface area contributed by atoms with Crippen molar-refractivity contribution in [3.8, 4) is 16.9 Å². The first-order chi connectivity index (χ1) is 18.7. The summed E-state index contributed by atoms with van der Waals surface area (Å²) in [5, 5.41) is 9.74. The summed E-state index contributed by atoms with van der Waals surface area (Å²) in [5.41, 5.74) is 8.19. The molecule has 0 bridgehead atoms. The van der Waals surface area contributed by atoms with Crippen molar-refractivity contribution in [2.24, 2.45) is 11.3 Å². The van der Waals surface area contributed by atoms with Crippen LogP contribution in [0.4, 0.5) is 4.39 Å². The SMILES string of the molecule is Cc1ccc(F)c(-c2ccc(COc3ccc4c(c3)[C@@]3(CCCC4)C[C@@H]3C(=O)O)cc2C2=CCCC2(C)C)c1. The van der Waals surface area contributed by atoms with Gasteiger partial charge in [-0.1, -0.05) is 56.2 Å². The number of hydrogen-bond donors (Lipinski definition) is 1. The number of fused-ring (bicyclic) bond motifs is 2. The van der Waals surface area contributed by atoms with Gasteiger partial charge in [0.15, 0.2) is 0 Å². The summed E-state index contributed by atoms with van der Waals surface area (Å²) < 4.78 is 21.3. The van der Waals surface area contributed by atoms with Gasteiger partial charge in [0.2, 0.25) is 0 Å². The van der Waals surface area contributed by atoms with Crippen molar-refractivity contribution in [2.75, 3.05) is 0 Å². The van der Waals surface area contributed by atoms with Crippen LogP contribution in [-0.2, 0) is 23.2 Å². The van der Waals surface area contributed by atoms with E-state index in [1.54, 1.807) is 6.07 Å². The Bertz CT molecular complexity index is 1480. The van der Waals surface area contributed by atoms with Crippen molar-refractivity contribution in [2.45, 2.75) is 77.7 Å². The van der Waals surface area contributed by atoms with Crippen molar-refractivity contribution in [3.63, 3.8) is 0 Å². The van der Waals surface area contributed by atoms with Crippen LogP contribution in [0, 0.1) is 24.1 Å². The van der Waals surface area contributed by atoms with E-state index in [9.17, 15) is 9.90 Å². The summed E-state index contributed by atoms with van der Waals surface area (Å²) in [7, 11) is 0. The smallest absolute Gasteiger partial charge is 0.307 e. The molecule has 4 heteroatoms. The number of aryl methyl sites for hydroxylation is 2. The molecule has 0 unspecified atom stereocenters. The first-order valence-corrected chi connectivity index (χ1v) is 14.3. The van der Waals surface area contributed by atoms with Crippen molar-refractivity contribution in [1.82, 2.24) is 0 Å². The fraction of sp³-hybridized carbons (Fsp3) is 0.400. The number of aliphatic carboxylic acids is 1. The number of halogens is 1. The molecule has 0 saturated heterocycles. The summed E-state index contributed by atoms with van der Waals surface area (Å²) in [6.45, 7) is 6.92. The van der Waals surface area contributed by atoms with Gasteiger partial charge in [0.05, 0.1) is 5.92 Å². The lowest BCUT2D eigenvalue weighted by atomic mass is 9.79. The third-order valence-electron chi connectivity index (χ3n) is 9.35. The Labute approximate surface area is 230 Å². The molecule has 2 atom stereocenters. The topological polar surface area (TPSA) is 46.5 Å². The second kappa shape index (κ2) is 9.66. The summed E-state index contributed by atoms with van der Waals surface area (Å²) in [6.07, 6.45) is 9.23. The summed E-state index contributed by atoms with van der Waals surface area (Å²) in [4.78, 5) is 11.8. The molecule has 202 valence electrons. The Kier molecular flexibility index (Phi) is 6.40. The number of hydrogen-bond acceptors (Lipinski definition) is 2. The van der Waals surface area contributed by atoms with Crippen molar-refractivity contribution < 1.29 is 19.0 Å². The molecule has 6 rings (SSSR count). The van der Waals surface area contributed by atoms with Gasteiger partial charge >= 0.3 is 5.97 Å². The van der Waals surface area contributed by atoms with Gasteiger partial charge in [-0.3, -0.25) is 4.79 Å². The maximum Gasteiger partial charge on any atom is 0.307 e. The van der Waals surface area contributed by atoms with Crippen LogP contribution in [0.25, 0.3) is 16.7 Å². The molecule has 0 radical (unpaired) electrons. The molecule has 1 spiro atoms. The van der Waals surface area contributed by atoms with Gasteiger partial charge in [-0.05, 0) is 115 Å². The highest BCUT2D eigenvalue weighted by atomic mass is 19.1. The molecule has 3 aliphatic rings. The average Bonchev–Trinajstić information content (AvgIpc) is 3.59. The van der Waals surface area contributed by atoms with Crippen LogP contribution in [0.2, 0.25) is 0 Å². The van der Waals surface area contributed by atoms with Crippen molar-refractivity contribution in [3.05, 3.63) is 94.3 Å². The second-order valence-corrected chi connectivity index (χ2v) is 12.5. The van der Waals surface area contributed by atoms with E-state index in [0.29, 0.717) is 12.2 Å². The zero-order valence-corrected chi connectivity index (χ0v) is 23.1. The minimum absolute atomic E-state index is 0.0186. The molecule has 0 heterocycles. The largest absolute Gasteiger partial charge is 0.489 e. The van der Waals surface area contributed by atoms with E-state index < -0.39 is 5.97 Å². The molecule has 0 amide bonds. The lowest BCUT2D eigenvalue weighted by Gasteiger charge is -2.25. The Morgan fingerprint density at radius 2 is 1.85 bits per heavy atom. The molecule has 1 N–H and O–H groups in total. The Balaban J connectivity index is 1.32. The van der Waals surface area contributed by atoms with Crippen molar-refractivity contribution in [1.29, 1.82) is 0 Å². The van der Waals surface area contributed by atoms with Gasteiger partial charge < -0.3 is 9.84 Å². The first kappa shape index (κ1) is 25.9. The quantitative estimate of drug-likeness (QED) is 0.351. The Morgan fingerprint density at radius 3 is 2.59 bits per heavy atom. The first-order valence-electron chi connectivity index (χ1n) is 14.3. The van der Waals surface area contributed by atoms with Gasteiger partial charge in [-0.25, -0.2) is 4.39 Å². The Morgan fingerprint density at radius 1 is 1.00 bits per heavy atom. The number of carbonyl (C=O) groups is 1. The van der Waals surface area contributed by atoms with Gasteiger partial charge in [0.25, 0.3) is 0 Å². The zero-order chi connectivity index (χ0) is 27.4.